The van der Waals surface area contributed by atoms with Crippen molar-refractivity contribution in [2.75, 3.05) is 7.11 Å². The predicted molar refractivity (Wildman–Crippen MR) is 62.7 cm³/mol. The molecule has 2 aromatic rings. The van der Waals surface area contributed by atoms with Crippen LogP contribution in [0.4, 0.5) is 0 Å². The molecule has 4 heteroatoms. The van der Waals surface area contributed by atoms with E-state index in [0.29, 0.717) is 16.5 Å². The quantitative estimate of drug-likeness (QED) is 0.766. The molecular formula is C12H10ClNO2. The molecule has 0 aliphatic carbocycles. The molecule has 0 radical (unpaired) electrons. The van der Waals surface area contributed by atoms with Gasteiger partial charge in [0.15, 0.2) is 6.29 Å². The van der Waals surface area contributed by atoms with Gasteiger partial charge in [-0.25, -0.2) is 0 Å². The molecule has 0 N–H and O–H groups in total. The fraction of sp³-hybridized carbons (Fsp3) is 0.0833. The molecule has 0 unspecified atom stereocenters. The number of carbonyl (C=O) groups is 1. The lowest BCUT2D eigenvalue weighted by Gasteiger charge is -2.09. The SMILES string of the molecule is COc1ccc(Cl)c(-n2cccc2C=O)c1. The molecule has 82 valence electrons. The van der Waals surface area contributed by atoms with Crippen LogP contribution in [0.1, 0.15) is 10.5 Å². The molecular weight excluding hydrogens is 226 g/mol. The standard InChI is InChI=1S/C12H10ClNO2/c1-16-10-4-5-11(13)12(7-10)14-6-2-3-9(14)8-15/h2-8H,1H3. The van der Waals surface area contributed by atoms with Crippen LogP contribution in [-0.2, 0) is 0 Å². The molecule has 2 rings (SSSR count). The fourth-order valence-corrected chi connectivity index (χ4v) is 1.72. The van der Waals surface area contributed by atoms with Crippen LogP contribution in [0.3, 0.4) is 0 Å². The number of rotatable bonds is 3. The van der Waals surface area contributed by atoms with Crippen molar-refractivity contribution in [2.45, 2.75) is 0 Å². The predicted octanol–water partition coefficient (Wildman–Crippen LogP) is 2.95. The van der Waals surface area contributed by atoms with Crippen molar-refractivity contribution in [2.24, 2.45) is 0 Å². The average molecular weight is 236 g/mol. The Kier molecular flexibility index (Phi) is 2.97. The highest BCUT2D eigenvalue weighted by atomic mass is 35.5. The van der Waals surface area contributed by atoms with Crippen LogP contribution in [0.15, 0.2) is 36.5 Å². The Balaban J connectivity index is 2.58. The first-order valence-electron chi connectivity index (χ1n) is 4.72. The zero-order valence-electron chi connectivity index (χ0n) is 8.68. The number of hydrogen-bond acceptors (Lipinski definition) is 2. The highest BCUT2D eigenvalue weighted by Gasteiger charge is 2.07. The maximum absolute atomic E-state index is 10.8. The van der Waals surface area contributed by atoms with Gasteiger partial charge in [0.2, 0.25) is 0 Å². The molecule has 0 aliphatic heterocycles. The third kappa shape index (κ3) is 1.82. The van der Waals surface area contributed by atoms with E-state index < -0.39 is 0 Å². The molecule has 3 nitrogen and oxygen atoms in total. The van der Waals surface area contributed by atoms with Crippen LogP contribution < -0.4 is 4.74 Å². The Labute approximate surface area is 98.2 Å². The molecule has 0 aliphatic rings. The topological polar surface area (TPSA) is 31.2 Å². The van der Waals surface area contributed by atoms with Crippen LogP contribution in [0.25, 0.3) is 5.69 Å². The first-order valence-corrected chi connectivity index (χ1v) is 5.10. The molecule has 0 amide bonds. The Hall–Kier alpha value is -1.74. The summed E-state index contributed by atoms with van der Waals surface area (Å²) in [5.41, 5.74) is 1.28. The summed E-state index contributed by atoms with van der Waals surface area (Å²) in [4.78, 5) is 10.8. The Morgan fingerprint density at radius 3 is 2.88 bits per heavy atom. The lowest BCUT2D eigenvalue weighted by molar-refractivity contribution is 0.111. The smallest absolute Gasteiger partial charge is 0.166 e. The summed E-state index contributed by atoms with van der Waals surface area (Å²) in [6.07, 6.45) is 2.57. The normalized spacial score (nSPS) is 10.1. The molecule has 0 fully saturated rings. The largest absolute Gasteiger partial charge is 0.497 e. The molecule has 0 saturated heterocycles. The van der Waals surface area contributed by atoms with E-state index in [-0.39, 0.29) is 0 Å². The number of halogens is 1. The summed E-state index contributed by atoms with van der Waals surface area (Å²) in [5, 5.41) is 0.570. The summed E-state index contributed by atoms with van der Waals surface area (Å²) < 4.78 is 6.84. The van der Waals surface area contributed by atoms with Crippen molar-refractivity contribution in [3.63, 3.8) is 0 Å². The Morgan fingerprint density at radius 1 is 1.38 bits per heavy atom. The van der Waals surface area contributed by atoms with Gasteiger partial charge in [-0.2, -0.15) is 0 Å². The second-order valence-corrected chi connectivity index (χ2v) is 3.65. The van der Waals surface area contributed by atoms with Crippen molar-refractivity contribution in [3.05, 3.63) is 47.2 Å². The molecule has 1 aromatic carbocycles. The molecule has 1 aromatic heterocycles. The monoisotopic (exact) mass is 235 g/mol. The van der Waals surface area contributed by atoms with Crippen LogP contribution in [-0.4, -0.2) is 18.0 Å². The summed E-state index contributed by atoms with van der Waals surface area (Å²) >= 11 is 6.08. The molecule has 0 atom stereocenters. The number of nitrogens with zero attached hydrogens (tertiary/aromatic N) is 1. The zero-order valence-corrected chi connectivity index (χ0v) is 9.44. The Morgan fingerprint density at radius 2 is 2.19 bits per heavy atom. The number of ether oxygens (including phenoxy) is 1. The van der Waals surface area contributed by atoms with Gasteiger partial charge in [-0.3, -0.25) is 4.79 Å². The second-order valence-electron chi connectivity index (χ2n) is 3.24. The lowest BCUT2D eigenvalue weighted by atomic mass is 10.3. The van der Waals surface area contributed by atoms with Crippen LogP contribution in [0.5, 0.6) is 5.75 Å². The maximum Gasteiger partial charge on any atom is 0.166 e. The van der Waals surface area contributed by atoms with E-state index in [9.17, 15) is 4.79 Å². The van der Waals surface area contributed by atoms with Crippen LogP contribution in [0, 0.1) is 0 Å². The molecule has 0 bridgehead atoms. The molecule has 16 heavy (non-hydrogen) atoms. The average Bonchev–Trinajstić information content (AvgIpc) is 2.77. The summed E-state index contributed by atoms with van der Waals surface area (Å²) in [6.45, 7) is 0. The van der Waals surface area contributed by atoms with Gasteiger partial charge >= 0.3 is 0 Å². The van der Waals surface area contributed by atoms with Gasteiger partial charge in [-0.1, -0.05) is 11.6 Å². The molecule has 0 saturated carbocycles. The van der Waals surface area contributed by atoms with E-state index in [2.05, 4.69) is 0 Å². The number of carbonyl (C=O) groups excluding carboxylic acids is 1. The third-order valence-corrected chi connectivity index (χ3v) is 2.63. The number of aromatic nitrogens is 1. The highest BCUT2D eigenvalue weighted by Crippen LogP contribution is 2.26. The minimum Gasteiger partial charge on any atom is -0.497 e. The van der Waals surface area contributed by atoms with Crippen LogP contribution in [0.2, 0.25) is 5.02 Å². The lowest BCUT2D eigenvalue weighted by Crippen LogP contribution is -1.98. The van der Waals surface area contributed by atoms with Gasteiger partial charge in [0.05, 0.1) is 23.5 Å². The first-order chi connectivity index (χ1) is 7.76. The third-order valence-electron chi connectivity index (χ3n) is 2.31. The van der Waals surface area contributed by atoms with Crippen molar-refractivity contribution in [3.8, 4) is 11.4 Å². The van der Waals surface area contributed by atoms with Gasteiger partial charge < -0.3 is 9.30 Å². The number of hydrogen-bond donors (Lipinski definition) is 0. The highest BCUT2D eigenvalue weighted by molar-refractivity contribution is 6.32. The van der Waals surface area contributed by atoms with Crippen molar-refractivity contribution < 1.29 is 9.53 Å². The van der Waals surface area contributed by atoms with Gasteiger partial charge in [0, 0.05) is 12.3 Å². The minimum atomic E-state index is 0.551. The first kappa shape index (κ1) is 10.8. The second kappa shape index (κ2) is 4.41. The fourth-order valence-electron chi connectivity index (χ4n) is 1.51. The van der Waals surface area contributed by atoms with Crippen molar-refractivity contribution in [1.29, 1.82) is 0 Å². The van der Waals surface area contributed by atoms with Crippen molar-refractivity contribution >= 4 is 17.9 Å². The maximum atomic E-state index is 10.8. The molecule has 0 spiro atoms. The summed E-state index contributed by atoms with van der Waals surface area (Å²) in [7, 11) is 1.59. The number of aldehydes is 1. The summed E-state index contributed by atoms with van der Waals surface area (Å²) in [6, 6.07) is 8.82. The van der Waals surface area contributed by atoms with Gasteiger partial charge in [0.1, 0.15) is 5.75 Å². The Bertz CT molecular complexity index is 519. The number of methoxy groups -OCH3 is 1. The number of benzene rings is 1. The van der Waals surface area contributed by atoms with Gasteiger partial charge in [0.25, 0.3) is 0 Å². The van der Waals surface area contributed by atoms with Crippen LogP contribution >= 0.6 is 11.6 Å². The molecule has 1 heterocycles. The van der Waals surface area contributed by atoms with Gasteiger partial charge in [-0.15, -0.1) is 0 Å². The van der Waals surface area contributed by atoms with E-state index in [1.165, 1.54) is 0 Å². The van der Waals surface area contributed by atoms with E-state index in [0.717, 1.165) is 12.0 Å². The summed E-state index contributed by atoms with van der Waals surface area (Å²) in [5.74, 6) is 0.699. The van der Waals surface area contributed by atoms with Gasteiger partial charge in [-0.05, 0) is 24.3 Å². The van der Waals surface area contributed by atoms with E-state index >= 15 is 0 Å². The van der Waals surface area contributed by atoms with E-state index in [1.807, 2.05) is 0 Å². The van der Waals surface area contributed by atoms with E-state index in [4.69, 9.17) is 16.3 Å². The van der Waals surface area contributed by atoms with Crippen molar-refractivity contribution in [1.82, 2.24) is 4.57 Å². The minimum absolute atomic E-state index is 0.551. The zero-order chi connectivity index (χ0) is 11.5. The van der Waals surface area contributed by atoms with E-state index in [1.54, 1.807) is 48.2 Å².